The number of likely N-dealkylation sites (N-methyl/N-ethyl adjacent to an activating group) is 1. The first-order chi connectivity index (χ1) is 14.0. The molecule has 0 spiro atoms. The van der Waals surface area contributed by atoms with Crippen LogP contribution in [0.15, 0.2) is 53.5 Å². The topological polar surface area (TPSA) is 71.4 Å². The smallest absolute Gasteiger partial charge is 0.263 e. The maximum absolute atomic E-state index is 12.7. The van der Waals surface area contributed by atoms with E-state index in [1.54, 1.807) is 24.2 Å². The number of benzene rings is 1. The van der Waals surface area contributed by atoms with Crippen LogP contribution in [-0.4, -0.2) is 40.9 Å². The second kappa shape index (κ2) is 9.54. The van der Waals surface area contributed by atoms with Crippen LogP contribution >= 0.6 is 0 Å². The van der Waals surface area contributed by atoms with Crippen LogP contribution in [-0.2, 0) is 11.3 Å². The van der Waals surface area contributed by atoms with Gasteiger partial charge in [0.2, 0.25) is 5.91 Å². The van der Waals surface area contributed by atoms with Gasteiger partial charge in [-0.15, -0.1) is 0 Å². The summed E-state index contributed by atoms with van der Waals surface area (Å²) in [5, 5.41) is 2.94. The van der Waals surface area contributed by atoms with Crippen molar-refractivity contribution < 1.29 is 9.59 Å². The Labute approximate surface area is 171 Å². The van der Waals surface area contributed by atoms with Gasteiger partial charge < -0.3 is 14.8 Å². The number of nitrogens with zero attached hydrogens (tertiary/aromatic N) is 2. The average Bonchev–Trinajstić information content (AvgIpc) is 3.23. The molecule has 0 unspecified atom stereocenters. The van der Waals surface area contributed by atoms with Crippen LogP contribution in [0.25, 0.3) is 0 Å². The predicted molar refractivity (Wildman–Crippen MR) is 113 cm³/mol. The number of carbonyl (C=O) groups excluding carboxylic acids is 2. The highest BCUT2D eigenvalue weighted by molar-refractivity contribution is 5.94. The first-order valence-electron chi connectivity index (χ1n) is 10.2. The second-order valence-electron chi connectivity index (χ2n) is 7.90. The number of hydrogen-bond acceptors (Lipinski definition) is 3. The third-order valence-electron chi connectivity index (χ3n) is 5.60. The maximum atomic E-state index is 12.7. The summed E-state index contributed by atoms with van der Waals surface area (Å²) in [5.41, 5.74) is 0.822. The van der Waals surface area contributed by atoms with Gasteiger partial charge in [0, 0.05) is 25.8 Å². The minimum absolute atomic E-state index is 0.0820. The van der Waals surface area contributed by atoms with Gasteiger partial charge in [0.1, 0.15) is 12.1 Å². The number of carbonyl (C=O) groups is 2. The Morgan fingerprint density at radius 2 is 1.83 bits per heavy atom. The molecular weight excluding hydrogens is 366 g/mol. The van der Waals surface area contributed by atoms with Crippen molar-refractivity contribution in [3.63, 3.8) is 0 Å². The fraction of sp³-hybridized carbons (Fsp3) is 0.435. The maximum Gasteiger partial charge on any atom is 0.263 e. The van der Waals surface area contributed by atoms with E-state index >= 15 is 0 Å². The highest BCUT2D eigenvalue weighted by Crippen LogP contribution is 2.18. The van der Waals surface area contributed by atoms with E-state index in [0.717, 1.165) is 31.2 Å². The lowest BCUT2D eigenvalue weighted by atomic mass is 10.0. The van der Waals surface area contributed by atoms with Gasteiger partial charge in [-0.25, -0.2) is 0 Å². The number of nitrogens with one attached hydrogen (secondary N) is 1. The van der Waals surface area contributed by atoms with Gasteiger partial charge in [0.25, 0.3) is 11.5 Å². The molecule has 1 aromatic heterocycles. The van der Waals surface area contributed by atoms with E-state index in [-0.39, 0.29) is 35.9 Å². The molecule has 1 heterocycles. The van der Waals surface area contributed by atoms with Crippen LogP contribution in [0.3, 0.4) is 0 Å². The Kier molecular flexibility index (Phi) is 6.86. The summed E-state index contributed by atoms with van der Waals surface area (Å²) in [4.78, 5) is 39.5. The van der Waals surface area contributed by atoms with E-state index in [2.05, 4.69) is 12.2 Å². The van der Waals surface area contributed by atoms with Gasteiger partial charge in [-0.1, -0.05) is 50.1 Å². The molecule has 6 heteroatoms. The van der Waals surface area contributed by atoms with Gasteiger partial charge in [0.15, 0.2) is 0 Å². The van der Waals surface area contributed by atoms with Crippen LogP contribution < -0.4 is 10.9 Å². The summed E-state index contributed by atoms with van der Waals surface area (Å²) >= 11 is 0. The molecule has 1 aliphatic rings. The van der Waals surface area contributed by atoms with E-state index in [1.807, 2.05) is 30.3 Å². The third-order valence-corrected chi connectivity index (χ3v) is 5.60. The molecule has 1 aromatic carbocycles. The largest absolute Gasteiger partial charge is 0.349 e. The molecule has 154 valence electrons. The van der Waals surface area contributed by atoms with Crippen molar-refractivity contribution >= 4 is 11.8 Å². The molecule has 2 aromatic rings. The van der Waals surface area contributed by atoms with Crippen LogP contribution in [0, 0.1) is 0 Å². The van der Waals surface area contributed by atoms with Crippen molar-refractivity contribution in [2.45, 2.75) is 51.1 Å². The summed E-state index contributed by atoms with van der Waals surface area (Å²) in [6.07, 6.45) is 5.67. The Morgan fingerprint density at radius 3 is 2.52 bits per heavy atom. The lowest BCUT2D eigenvalue weighted by Crippen LogP contribution is -2.40. The van der Waals surface area contributed by atoms with E-state index in [0.29, 0.717) is 6.54 Å². The lowest BCUT2D eigenvalue weighted by molar-refractivity contribution is -0.130. The van der Waals surface area contributed by atoms with Gasteiger partial charge in [0.05, 0.1) is 0 Å². The Hall–Kier alpha value is -2.89. The van der Waals surface area contributed by atoms with Crippen molar-refractivity contribution in [2.24, 2.45) is 0 Å². The quantitative estimate of drug-likeness (QED) is 0.784. The fourth-order valence-electron chi connectivity index (χ4n) is 3.83. The number of hydrogen-bond donors (Lipinski definition) is 1. The second-order valence-corrected chi connectivity index (χ2v) is 7.90. The molecule has 6 nitrogen and oxygen atoms in total. The SMILES string of the molecule is C[C@@H](CN(C)C(=O)Cn1cccc(C(=O)NC2CCCC2)c1=O)c1ccccc1. The third kappa shape index (κ3) is 5.34. The normalized spacial score (nSPS) is 15.1. The highest BCUT2D eigenvalue weighted by Gasteiger charge is 2.21. The van der Waals surface area contributed by atoms with Gasteiger partial charge in [-0.2, -0.15) is 0 Å². The molecule has 29 heavy (non-hydrogen) atoms. The first kappa shape index (κ1) is 20.8. The summed E-state index contributed by atoms with van der Waals surface area (Å²) < 4.78 is 1.32. The molecule has 3 rings (SSSR count). The zero-order chi connectivity index (χ0) is 20.8. The molecular formula is C23H29N3O3. The van der Waals surface area contributed by atoms with Crippen LogP contribution in [0.5, 0.6) is 0 Å². The van der Waals surface area contributed by atoms with E-state index < -0.39 is 5.56 Å². The molecule has 1 saturated carbocycles. The van der Waals surface area contributed by atoms with E-state index in [4.69, 9.17) is 0 Å². The van der Waals surface area contributed by atoms with Gasteiger partial charge in [-0.3, -0.25) is 14.4 Å². The Morgan fingerprint density at radius 1 is 1.14 bits per heavy atom. The molecule has 1 aliphatic carbocycles. The number of aromatic nitrogens is 1. The van der Waals surface area contributed by atoms with Crippen molar-refractivity contribution in [3.05, 3.63) is 70.1 Å². The standard InChI is InChI=1S/C23H29N3O3/c1-17(18-9-4-3-5-10-18)15-25(2)21(27)16-26-14-8-13-20(23(26)29)22(28)24-19-11-6-7-12-19/h3-5,8-10,13-14,17,19H,6-7,11-12,15-16H2,1-2H3,(H,24,28)/t17-/m0/s1. The van der Waals surface area contributed by atoms with Crippen molar-refractivity contribution in [2.75, 3.05) is 13.6 Å². The zero-order valence-corrected chi connectivity index (χ0v) is 17.1. The summed E-state index contributed by atoms with van der Waals surface area (Å²) in [6.45, 7) is 2.54. The van der Waals surface area contributed by atoms with E-state index in [9.17, 15) is 14.4 Å². The van der Waals surface area contributed by atoms with Gasteiger partial charge in [-0.05, 0) is 36.5 Å². The minimum atomic E-state index is -0.430. The van der Waals surface area contributed by atoms with Gasteiger partial charge >= 0.3 is 0 Å². The summed E-state index contributed by atoms with van der Waals surface area (Å²) in [7, 11) is 1.74. The van der Waals surface area contributed by atoms with Crippen molar-refractivity contribution in [1.29, 1.82) is 0 Å². The predicted octanol–water partition coefficient (Wildman–Crippen LogP) is 2.78. The molecule has 1 fully saturated rings. The monoisotopic (exact) mass is 395 g/mol. The number of amides is 2. The number of pyridine rings is 1. The first-order valence-corrected chi connectivity index (χ1v) is 10.2. The fourth-order valence-corrected chi connectivity index (χ4v) is 3.83. The zero-order valence-electron chi connectivity index (χ0n) is 17.1. The van der Waals surface area contributed by atoms with Crippen LogP contribution in [0.2, 0.25) is 0 Å². The summed E-state index contributed by atoms with van der Waals surface area (Å²) in [5.74, 6) is -0.330. The molecule has 1 N–H and O–H groups in total. The van der Waals surface area contributed by atoms with E-state index in [1.165, 1.54) is 10.6 Å². The Bertz CT molecular complexity index is 901. The van der Waals surface area contributed by atoms with Crippen LogP contribution in [0.4, 0.5) is 0 Å². The Balaban J connectivity index is 1.63. The molecule has 0 saturated heterocycles. The van der Waals surface area contributed by atoms with Crippen molar-refractivity contribution in [3.8, 4) is 0 Å². The highest BCUT2D eigenvalue weighted by atomic mass is 16.2. The van der Waals surface area contributed by atoms with Crippen molar-refractivity contribution in [1.82, 2.24) is 14.8 Å². The molecule has 2 amide bonds. The summed E-state index contributed by atoms with van der Waals surface area (Å²) in [6, 6.07) is 13.3. The molecule has 0 radical (unpaired) electrons. The molecule has 0 bridgehead atoms. The lowest BCUT2D eigenvalue weighted by Gasteiger charge is -2.22. The average molecular weight is 396 g/mol. The molecule has 0 aliphatic heterocycles. The number of rotatable bonds is 7. The molecule has 1 atom stereocenters. The van der Waals surface area contributed by atoms with Crippen LogP contribution in [0.1, 0.15) is 54.4 Å². The minimum Gasteiger partial charge on any atom is -0.349 e.